The van der Waals surface area contributed by atoms with E-state index in [1.807, 2.05) is 26.1 Å². The highest BCUT2D eigenvalue weighted by atomic mass is 16.5. The summed E-state index contributed by atoms with van der Waals surface area (Å²) in [6.07, 6.45) is 2.68. The highest BCUT2D eigenvalue weighted by Crippen LogP contribution is 2.25. The molecule has 0 saturated heterocycles. The van der Waals surface area contributed by atoms with Crippen LogP contribution in [0.25, 0.3) is 0 Å². The number of benzene rings is 1. The molecule has 0 atom stereocenters. The second-order valence-corrected chi connectivity index (χ2v) is 5.03. The molecule has 1 aliphatic heterocycles. The maximum Gasteiger partial charge on any atom is 0.255 e. The second kappa shape index (κ2) is 5.00. The number of amides is 1. The molecule has 0 spiro atoms. The van der Waals surface area contributed by atoms with Crippen molar-refractivity contribution in [3.63, 3.8) is 0 Å². The lowest BCUT2D eigenvalue weighted by Gasteiger charge is -2.06. The van der Waals surface area contributed by atoms with Crippen LogP contribution >= 0.6 is 0 Å². The third kappa shape index (κ3) is 2.39. The Balaban J connectivity index is 1.67. The third-order valence-electron chi connectivity index (χ3n) is 3.47. The van der Waals surface area contributed by atoms with E-state index in [1.54, 1.807) is 10.9 Å². The number of fused-ring (bicyclic) bond motifs is 1. The fourth-order valence-electron chi connectivity index (χ4n) is 2.45. The fraction of sp³-hybridized carbons (Fsp3) is 0.333. The maximum atomic E-state index is 12.1. The van der Waals surface area contributed by atoms with Crippen LogP contribution < -0.4 is 10.1 Å². The van der Waals surface area contributed by atoms with Crippen molar-refractivity contribution >= 4 is 5.91 Å². The zero-order valence-corrected chi connectivity index (χ0v) is 11.6. The molecule has 1 N–H and O–H groups in total. The zero-order chi connectivity index (χ0) is 14.1. The summed E-state index contributed by atoms with van der Waals surface area (Å²) in [6.45, 7) is 3.10. The molecule has 1 aromatic carbocycles. The fourth-order valence-corrected chi connectivity index (χ4v) is 2.45. The average Bonchev–Trinajstić information content (AvgIpc) is 3.01. The SMILES string of the molecule is Cc1nn(C)cc1C(=O)NCc1ccc2c(c1)CCO2. The molecule has 0 bridgehead atoms. The van der Waals surface area contributed by atoms with Crippen molar-refractivity contribution in [2.45, 2.75) is 19.9 Å². The maximum absolute atomic E-state index is 12.1. The minimum absolute atomic E-state index is 0.0904. The molecule has 0 saturated carbocycles. The van der Waals surface area contributed by atoms with Crippen LogP contribution in [-0.4, -0.2) is 22.3 Å². The summed E-state index contributed by atoms with van der Waals surface area (Å²) in [7, 11) is 1.81. The van der Waals surface area contributed by atoms with Gasteiger partial charge in [0.1, 0.15) is 5.75 Å². The van der Waals surface area contributed by atoms with Crippen LogP contribution in [0.2, 0.25) is 0 Å². The average molecular weight is 271 g/mol. The van der Waals surface area contributed by atoms with Crippen LogP contribution in [0.5, 0.6) is 5.75 Å². The number of nitrogens with one attached hydrogen (secondary N) is 1. The van der Waals surface area contributed by atoms with Gasteiger partial charge in [-0.3, -0.25) is 9.48 Å². The van der Waals surface area contributed by atoms with Gasteiger partial charge in [0.15, 0.2) is 0 Å². The molecule has 5 nitrogen and oxygen atoms in total. The molecular formula is C15H17N3O2. The summed E-state index contributed by atoms with van der Waals surface area (Å²) in [5.41, 5.74) is 3.67. The number of nitrogens with zero attached hydrogens (tertiary/aromatic N) is 2. The van der Waals surface area contributed by atoms with Crippen molar-refractivity contribution in [2.24, 2.45) is 7.05 Å². The number of carbonyl (C=O) groups excluding carboxylic acids is 1. The minimum atomic E-state index is -0.0904. The molecule has 0 radical (unpaired) electrons. The van der Waals surface area contributed by atoms with E-state index < -0.39 is 0 Å². The zero-order valence-electron chi connectivity index (χ0n) is 11.6. The van der Waals surface area contributed by atoms with Crippen molar-refractivity contribution in [2.75, 3.05) is 6.61 Å². The van der Waals surface area contributed by atoms with Gasteiger partial charge in [0.2, 0.25) is 0 Å². The van der Waals surface area contributed by atoms with Gasteiger partial charge in [-0.2, -0.15) is 5.10 Å². The van der Waals surface area contributed by atoms with Crippen molar-refractivity contribution in [3.8, 4) is 5.75 Å². The minimum Gasteiger partial charge on any atom is -0.493 e. The monoisotopic (exact) mass is 271 g/mol. The Morgan fingerprint density at radius 1 is 1.50 bits per heavy atom. The van der Waals surface area contributed by atoms with E-state index in [9.17, 15) is 4.79 Å². The van der Waals surface area contributed by atoms with Crippen molar-refractivity contribution in [1.82, 2.24) is 15.1 Å². The molecule has 2 heterocycles. The topological polar surface area (TPSA) is 56.2 Å². The van der Waals surface area contributed by atoms with Gasteiger partial charge in [-0.1, -0.05) is 12.1 Å². The predicted molar refractivity (Wildman–Crippen MR) is 74.8 cm³/mol. The largest absolute Gasteiger partial charge is 0.493 e. The summed E-state index contributed by atoms with van der Waals surface area (Å²) in [5.74, 6) is 0.871. The molecule has 1 amide bonds. The third-order valence-corrected chi connectivity index (χ3v) is 3.47. The molecule has 104 valence electrons. The molecule has 0 aliphatic carbocycles. The number of aromatic nitrogens is 2. The predicted octanol–water partition coefficient (Wildman–Crippen LogP) is 1.59. The summed E-state index contributed by atoms with van der Waals surface area (Å²) < 4.78 is 7.12. The quantitative estimate of drug-likeness (QED) is 0.922. The highest BCUT2D eigenvalue weighted by Gasteiger charge is 2.14. The van der Waals surface area contributed by atoms with E-state index in [-0.39, 0.29) is 5.91 Å². The summed E-state index contributed by atoms with van der Waals surface area (Å²) in [5, 5.41) is 7.10. The first-order chi connectivity index (χ1) is 9.63. The lowest BCUT2D eigenvalue weighted by molar-refractivity contribution is 0.0950. The number of hydrogen-bond acceptors (Lipinski definition) is 3. The standard InChI is InChI=1S/C15H17N3O2/c1-10-13(9-18(2)17-10)15(19)16-8-11-3-4-14-12(7-11)5-6-20-14/h3-4,7,9H,5-6,8H2,1-2H3,(H,16,19). The van der Waals surface area contributed by atoms with Crippen LogP contribution in [0.4, 0.5) is 0 Å². The lowest BCUT2D eigenvalue weighted by Crippen LogP contribution is -2.23. The van der Waals surface area contributed by atoms with E-state index in [0.29, 0.717) is 12.1 Å². The van der Waals surface area contributed by atoms with Gasteiger partial charge in [-0.05, 0) is 24.1 Å². The van der Waals surface area contributed by atoms with Gasteiger partial charge in [-0.25, -0.2) is 0 Å². The second-order valence-electron chi connectivity index (χ2n) is 5.03. The first kappa shape index (κ1) is 12.7. The number of ether oxygens (including phenoxy) is 1. The molecule has 3 rings (SSSR count). The summed E-state index contributed by atoms with van der Waals surface area (Å²) in [6, 6.07) is 6.05. The smallest absolute Gasteiger partial charge is 0.255 e. The first-order valence-electron chi connectivity index (χ1n) is 6.66. The van der Waals surface area contributed by atoms with E-state index in [2.05, 4.69) is 16.5 Å². The summed E-state index contributed by atoms with van der Waals surface area (Å²) in [4.78, 5) is 12.1. The van der Waals surface area contributed by atoms with Crippen LogP contribution in [0.3, 0.4) is 0 Å². The Morgan fingerprint density at radius 3 is 3.10 bits per heavy atom. The molecule has 0 fully saturated rings. The molecule has 1 aromatic heterocycles. The van der Waals surface area contributed by atoms with Crippen molar-refractivity contribution in [1.29, 1.82) is 0 Å². The molecule has 20 heavy (non-hydrogen) atoms. The van der Waals surface area contributed by atoms with Crippen molar-refractivity contribution in [3.05, 3.63) is 46.8 Å². The van der Waals surface area contributed by atoms with E-state index in [4.69, 9.17) is 4.74 Å². The van der Waals surface area contributed by atoms with Crippen LogP contribution in [0, 0.1) is 6.92 Å². The number of carbonyl (C=O) groups is 1. The highest BCUT2D eigenvalue weighted by molar-refractivity contribution is 5.94. The van der Waals surface area contributed by atoms with Gasteiger partial charge >= 0.3 is 0 Å². The summed E-state index contributed by atoms with van der Waals surface area (Å²) >= 11 is 0. The molecule has 1 aliphatic rings. The van der Waals surface area contributed by atoms with Crippen molar-refractivity contribution < 1.29 is 9.53 Å². The Labute approximate surface area is 117 Å². The first-order valence-corrected chi connectivity index (χ1v) is 6.66. The van der Waals surface area contributed by atoms with E-state index >= 15 is 0 Å². The van der Waals surface area contributed by atoms with E-state index in [1.165, 1.54) is 5.56 Å². The number of rotatable bonds is 3. The Hall–Kier alpha value is -2.30. The lowest BCUT2D eigenvalue weighted by atomic mass is 10.1. The Kier molecular flexibility index (Phi) is 3.18. The van der Waals surface area contributed by atoms with Gasteiger partial charge in [0, 0.05) is 26.2 Å². The molecular weight excluding hydrogens is 254 g/mol. The van der Waals surface area contributed by atoms with E-state index in [0.717, 1.165) is 30.0 Å². The normalized spacial score (nSPS) is 12.9. The van der Waals surface area contributed by atoms with Gasteiger partial charge < -0.3 is 10.1 Å². The van der Waals surface area contributed by atoms with Crippen LogP contribution in [0.15, 0.2) is 24.4 Å². The number of hydrogen-bond donors (Lipinski definition) is 1. The molecule has 0 unspecified atom stereocenters. The van der Waals surface area contributed by atoms with Gasteiger partial charge in [-0.15, -0.1) is 0 Å². The van der Waals surface area contributed by atoms with Gasteiger partial charge in [0.05, 0.1) is 17.9 Å². The Bertz CT molecular complexity index is 661. The molecule has 5 heteroatoms. The Morgan fingerprint density at radius 2 is 2.35 bits per heavy atom. The van der Waals surface area contributed by atoms with Gasteiger partial charge in [0.25, 0.3) is 5.91 Å². The number of aryl methyl sites for hydroxylation is 2. The van der Waals surface area contributed by atoms with Crippen LogP contribution in [0.1, 0.15) is 27.2 Å². The molecule has 2 aromatic rings. The van der Waals surface area contributed by atoms with Crippen LogP contribution in [-0.2, 0) is 20.0 Å².